The van der Waals surface area contributed by atoms with Gasteiger partial charge >= 0.3 is 0 Å². The number of phenolic OH excluding ortho intramolecular Hbond substituents is 1. The molecule has 1 rings (SSSR count). The number of phenols is 1. The van der Waals surface area contributed by atoms with Crippen LogP contribution < -0.4 is 4.74 Å². The number of aromatic hydroxyl groups is 1. The van der Waals surface area contributed by atoms with Crippen molar-refractivity contribution in [1.82, 2.24) is 0 Å². The van der Waals surface area contributed by atoms with Crippen LogP contribution in [0, 0.1) is 11.7 Å². The van der Waals surface area contributed by atoms with Gasteiger partial charge in [-0.2, -0.15) is 0 Å². The number of ether oxygens (including phenoxy) is 1. The summed E-state index contributed by atoms with van der Waals surface area (Å²) in [6, 6.07) is 4.04. The van der Waals surface area contributed by atoms with Gasteiger partial charge in [0.05, 0.1) is 6.61 Å². The fourth-order valence-electron chi connectivity index (χ4n) is 0.990. The van der Waals surface area contributed by atoms with Gasteiger partial charge in [0.2, 0.25) is 0 Å². The van der Waals surface area contributed by atoms with Crippen molar-refractivity contribution in [3.05, 3.63) is 24.0 Å². The van der Waals surface area contributed by atoms with E-state index in [0.29, 0.717) is 18.3 Å². The zero-order chi connectivity index (χ0) is 10.6. The minimum absolute atomic E-state index is 0.346. The molecule has 0 bridgehead atoms. The first-order chi connectivity index (χ1) is 6.59. The standard InChI is InChI=1S/C11H15FO2/c1-8(2)5-6-14-9-3-4-11(13)10(12)7-9/h3-4,7-8,13H,5-6H2,1-2H3. The Morgan fingerprint density at radius 3 is 2.71 bits per heavy atom. The minimum Gasteiger partial charge on any atom is -0.505 e. The van der Waals surface area contributed by atoms with Gasteiger partial charge in [-0.1, -0.05) is 13.8 Å². The van der Waals surface area contributed by atoms with Gasteiger partial charge in [0.25, 0.3) is 0 Å². The molecule has 0 unspecified atom stereocenters. The molecule has 0 saturated carbocycles. The average molecular weight is 198 g/mol. The Bertz CT molecular complexity index is 297. The maximum Gasteiger partial charge on any atom is 0.168 e. The van der Waals surface area contributed by atoms with E-state index < -0.39 is 5.82 Å². The molecular weight excluding hydrogens is 183 g/mol. The van der Waals surface area contributed by atoms with Crippen molar-refractivity contribution in [2.45, 2.75) is 20.3 Å². The number of hydrogen-bond donors (Lipinski definition) is 1. The van der Waals surface area contributed by atoms with Crippen molar-refractivity contribution in [3.8, 4) is 11.5 Å². The molecule has 0 fully saturated rings. The molecule has 1 N–H and O–H groups in total. The lowest BCUT2D eigenvalue weighted by Crippen LogP contribution is -2.01. The van der Waals surface area contributed by atoms with Gasteiger partial charge < -0.3 is 9.84 Å². The molecule has 3 heteroatoms. The summed E-state index contributed by atoms with van der Waals surface area (Å²) in [5.41, 5.74) is 0. The molecule has 0 radical (unpaired) electrons. The molecule has 0 aliphatic rings. The van der Waals surface area contributed by atoms with Crippen molar-refractivity contribution >= 4 is 0 Å². The first-order valence-electron chi connectivity index (χ1n) is 4.71. The second kappa shape index (κ2) is 4.84. The Hall–Kier alpha value is -1.25. The number of rotatable bonds is 4. The summed E-state index contributed by atoms with van der Waals surface area (Å²) < 4.78 is 18.1. The summed E-state index contributed by atoms with van der Waals surface area (Å²) >= 11 is 0. The van der Waals surface area contributed by atoms with Gasteiger partial charge in [-0.15, -0.1) is 0 Å². The van der Waals surface area contributed by atoms with E-state index in [1.807, 2.05) is 0 Å². The molecular formula is C11H15FO2. The highest BCUT2D eigenvalue weighted by Gasteiger charge is 2.02. The molecule has 0 heterocycles. The minimum atomic E-state index is -0.646. The Morgan fingerprint density at radius 1 is 1.43 bits per heavy atom. The van der Waals surface area contributed by atoms with Crippen molar-refractivity contribution in [2.75, 3.05) is 6.61 Å². The van der Waals surface area contributed by atoms with Crippen LogP contribution >= 0.6 is 0 Å². The Kier molecular flexibility index (Phi) is 3.74. The predicted octanol–water partition coefficient (Wildman–Crippen LogP) is 2.96. The van der Waals surface area contributed by atoms with E-state index in [-0.39, 0.29) is 5.75 Å². The lowest BCUT2D eigenvalue weighted by atomic mass is 10.1. The third-order valence-electron chi connectivity index (χ3n) is 1.88. The van der Waals surface area contributed by atoms with Crippen LogP contribution in [0.3, 0.4) is 0 Å². The Balaban J connectivity index is 2.47. The van der Waals surface area contributed by atoms with Crippen molar-refractivity contribution in [1.29, 1.82) is 0 Å². The largest absolute Gasteiger partial charge is 0.505 e. The lowest BCUT2D eigenvalue weighted by molar-refractivity contribution is 0.287. The SMILES string of the molecule is CC(C)CCOc1ccc(O)c(F)c1. The van der Waals surface area contributed by atoms with Gasteiger partial charge in [0.1, 0.15) is 5.75 Å². The molecule has 1 aromatic rings. The summed E-state index contributed by atoms with van der Waals surface area (Å²) in [6.07, 6.45) is 0.933. The number of hydrogen-bond acceptors (Lipinski definition) is 2. The summed E-state index contributed by atoms with van der Waals surface area (Å²) in [7, 11) is 0. The van der Waals surface area contributed by atoms with Crippen molar-refractivity contribution in [3.63, 3.8) is 0 Å². The molecule has 0 aromatic heterocycles. The lowest BCUT2D eigenvalue weighted by Gasteiger charge is -2.08. The summed E-state index contributed by atoms with van der Waals surface area (Å²) in [4.78, 5) is 0. The number of halogens is 1. The van der Waals surface area contributed by atoms with E-state index in [0.717, 1.165) is 6.42 Å². The molecule has 2 nitrogen and oxygen atoms in total. The van der Waals surface area contributed by atoms with E-state index in [9.17, 15) is 4.39 Å². The topological polar surface area (TPSA) is 29.5 Å². The van der Waals surface area contributed by atoms with Crippen LogP contribution in [0.5, 0.6) is 11.5 Å². The van der Waals surface area contributed by atoms with E-state index in [2.05, 4.69) is 13.8 Å². The second-order valence-corrected chi connectivity index (χ2v) is 3.64. The highest BCUT2D eigenvalue weighted by Crippen LogP contribution is 2.21. The van der Waals surface area contributed by atoms with Gasteiger partial charge in [-0.05, 0) is 24.5 Å². The van der Waals surface area contributed by atoms with Gasteiger partial charge in [0, 0.05) is 6.07 Å². The van der Waals surface area contributed by atoms with Crippen molar-refractivity contribution < 1.29 is 14.2 Å². The smallest absolute Gasteiger partial charge is 0.168 e. The molecule has 0 aliphatic carbocycles. The molecule has 0 saturated heterocycles. The highest BCUT2D eigenvalue weighted by atomic mass is 19.1. The zero-order valence-corrected chi connectivity index (χ0v) is 8.46. The third kappa shape index (κ3) is 3.24. The van der Waals surface area contributed by atoms with Gasteiger partial charge in [0.15, 0.2) is 11.6 Å². The van der Waals surface area contributed by atoms with Gasteiger partial charge in [-0.25, -0.2) is 4.39 Å². The zero-order valence-electron chi connectivity index (χ0n) is 8.46. The first kappa shape index (κ1) is 10.8. The van der Waals surface area contributed by atoms with E-state index >= 15 is 0 Å². The summed E-state index contributed by atoms with van der Waals surface area (Å²) in [5, 5.41) is 8.93. The first-order valence-corrected chi connectivity index (χ1v) is 4.71. The average Bonchev–Trinajstić information content (AvgIpc) is 2.10. The molecule has 0 aliphatic heterocycles. The van der Waals surface area contributed by atoms with Crippen LogP contribution in [-0.4, -0.2) is 11.7 Å². The van der Waals surface area contributed by atoms with E-state index in [4.69, 9.17) is 9.84 Å². The Labute approximate surface area is 83.3 Å². The predicted molar refractivity (Wildman–Crippen MR) is 53.0 cm³/mol. The van der Waals surface area contributed by atoms with Crippen LogP contribution in [0.2, 0.25) is 0 Å². The molecule has 78 valence electrons. The normalized spacial score (nSPS) is 10.6. The van der Waals surface area contributed by atoms with Crippen LogP contribution in [0.25, 0.3) is 0 Å². The van der Waals surface area contributed by atoms with E-state index in [1.54, 1.807) is 6.07 Å². The fourth-order valence-corrected chi connectivity index (χ4v) is 0.990. The van der Waals surface area contributed by atoms with Crippen molar-refractivity contribution in [2.24, 2.45) is 5.92 Å². The van der Waals surface area contributed by atoms with E-state index in [1.165, 1.54) is 12.1 Å². The summed E-state index contributed by atoms with van der Waals surface area (Å²) in [5.74, 6) is 0.0335. The maximum atomic E-state index is 12.8. The third-order valence-corrected chi connectivity index (χ3v) is 1.88. The van der Waals surface area contributed by atoms with Crippen LogP contribution in [-0.2, 0) is 0 Å². The van der Waals surface area contributed by atoms with Crippen LogP contribution in [0.1, 0.15) is 20.3 Å². The fraction of sp³-hybridized carbons (Fsp3) is 0.455. The number of benzene rings is 1. The maximum absolute atomic E-state index is 12.8. The molecule has 14 heavy (non-hydrogen) atoms. The molecule has 1 aromatic carbocycles. The molecule has 0 atom stereocenters. The van der Waals surface area contributed by atoms with Crippen LogP contribution in [0.4, 0.5) is 4.39 Å². The quantitative estimate of drug-likeness (QED) is 0.806. The Morgan fingerprint density at radius 2 is 2.14 bits per heavy atom. The summed E-state index contributed by atoms with van der Waals surface area (Å²) in [6.45, 7) is 4.77. The highest BCUT2D eigenvalue weighted by molar-refractivity contribution is 5.31. The van der Waals surface area contributed by atoms with Gasteiger partial charge in [-0.3, -0.25) is 0 Å². The monoisotopic (exact) mass is 198 g/mol. The van der Waals surface area contributed by atoms with Crippen LogP contribution in [0.15, 0.2) is 18.2 Å². The molecule has 0 amide bonds. The molecule has 0 spiro atoms. The second-order valence-electron chi connectivity index (χ2n) is 3.64.